The van der Waals surface area contributed by atoms with Crippen LogP contribution >= 0.6 is 0 Å². The molecule has 0 aliphatic carbocycles. The van der Waals surface area contributed by atoms with Crippen LogP contribution in [0.2, 0.25) is 0 Å². The Kier molecular flexibility index (Phi) is 4.66. The molecule has 0 saturated carbocycles. The number of hydrogen-bond acceptors (Lipinski definition) is 5. The lowest BCUT2D eigenvalue weighted by Gasteiger charge is -2.28. The van der Waals surface area contributed by atoms with E-state index in [9.17, 15) is 4.79 Å². The third-order valence-corrected chi connectivity index (χ3v) is 4.83. The van der Waals surface area contributed by atoms with Gasteiger partial charge in [-0.3, -0.25) is 4.79 Å². The van der Waals surface area contributed by atoms with Gasteiger partial charge in [0.1, 0.15) is 5.69 Å². The van der Waals surface area contributed by atoms with Crippen LogP contribution in [0.3, 0.4) is 0 Å². The molecule has 1 aliphatic rings. The number of anilines is 3. The van der Waals surface area contributed by atoms with Crippen LogP contribution in [0.1, 0.15) is 29.6 Å². The largest absolute Gasteiger partial charge is 0.361 e. The normalized spacial score (nSPS) is 14.4. The van der Waals surface area contributed by atoms with Crippen molar-refractivity contribution in [2.45, 2.75) is 19.3 Å². The van der Waals surface area contributed by atoms with Gasteiger partial charge in [0.2, 0.25) is 5.95 Å². The highest BCUT2D eigenvalue weighted by Gasteiger charge is 2.18. The van der Waals surface area contributed by atoms with Gasteiger partial charge in [0, 0.05) is 45.1 Å². The molecule has 1 aliphatic heterocycles. The highest BCUT2D eigenvalue weighted by Crippen LogP contribution is 2.26. The Bertz CT molecular complexity index is 925. The van der Waals surface area contributed by atoms with Crippen LogP contribution in [-0.2, 0) is 0 Å². The number of amides is 1. The van der Waals surface area contributed by atoms with Gasteiger partial charge < -0.3 is 19.5 Å². The minimum Gasteiger partial charge on any atom is -0.361 e. The van der Waals surface area contributed by atoms with Gasteiger partial charge in [0.25, 0.3) is 5.91 Å². The van der Waals surface area contributed by atoms with Crippen LogP contribution in [0.15, 0.2) is 42.9 Å². The molecule has 7 nitrogen and oxygen atoms in total. The fourth-order valence-electron chi connectivity index (χ4n) is 3.41. The summed E-state index contributed by atoms with van der Waals surface area (Å²) >= 11 is 0. The second kappa shape index (κ2) is 7.26. The molecule has 0 unspecified atom stereocenters. The molecule has 7 heteroatoms. The molecule has 0 spiro atoms. The van der Waals surface area contributed by atoms with Crippen molar-refractivity contribution in [3.63, 3.8) is 0 Å². The van der Waals surface area contributed by atoms with Gasteiger partial charge in [-0.25, -0.2) is 4.98 Å². The minimum absolute atomic E-state index is 0.170. The second-order valence-electron chi connectivity index (χ2n) is 7.07. The van der Waals surface area contributed by atoms with E-state index in [-0.39, 0.29) is 5.91 Å². The van der Waals surface area contributed by atoms with Crippen LogP contribution in [0.4, 0.5) is 17.5 Å². The summed E-state index contributed by atoms with van der Waals surface area (Å²) in [6.07, 6.45) is 9.05. The van der Waals surface area contributed by atoms with E-state index in [1.165, 1.54) is 19.3 Å². The van der Waals surface area contributed by atoms with Crippen molar-refractivity contribution >= 4 is 28.9 Å². The van der Waals surface area contributed by atoms with Gasteiger partial charge in [0.15, 0.2) is 5.82 Å². The minimum atomic E-state index is -0.170. The third kappa shape index (κ3) is 3.58. The molecular weight excluding hydrogens is 340 g/mol. The molecule has 140 valence electrons. The number of rotatable bonds is 4. The molecule has 4 rings (SSSR count). The molecule has 0 aromatic carbocycles. The zero-order valence-corrected chi connectivity index (χ0v) is 15.7. The Morgan fingerprint density at radius 2 is 2.00 bits per heavy atom. The summed E-state index contributed by atoms with van der Waals surface area (Å²) < 4.78 is 1.93. The monoisotopic (exact) mass is 364 g/mol. The molecule has 1 N–H and O–H groups in total. The summed E-state index contributed by atoms with van der Waals surface area (Å²) in [5.74, 6) is 1.27. The number of hydrogen-bond donors (Lipinski definition) is 1. The maximum absolute atomic E-state index is 12.7. The molecule has 1 fully saturated rings. The summed E-state index contributed by atoms with van der Waals surface area (Å²) in [4.78, 5) is 26.1. The first-order valence-electron chi connectivity index (χ1n) is 9.29. The summed E-state index contributed by atoms with van der Waals surface area (Å²) in [5, 5.41) is 2.96. The second-order valence-corrected chi connectivity index (χ2v) is 7.07. The van der Waals surface area contributed by atoms with E-state index in [1.54, 1.807) is 6.20 Å². The average molecular weight is 364 g/mol. The maximum Gasteiger partial charge on any atom is 0.257 e. The van der Waals surface area contributed by atoms with Crippen molar-refractivity contribution in [3.8, 4) is 0 Å². The SMILES string of the molecule is CN(C)c1nc(N2CCCCC2)ncc1NC(=O)c1cc2ccccn2c1. The number of fused-ring (bicyclic) bond motifs is 1. The van der Waals surface area contributed by atoms with E-state index >= 15 is 0 Å². The highest BCUT2D eigenvalue weighted by molar-refractivity contribution is 6.06. The van der Waals surface area contributed by atoms with Gasteiger partial charge in [-0.05, 0) is 37.5 Å². The Balaban J connectivity index is 1.59. The lowest BCUT2D eigenvalue weighted by molar-refractivity contribution is 0.102. The Morgan fingerprint density at radius 1 is 1.19 bits per heavy atom. The molecule has 0 radical (unpaired) electrons. The quantitative estimate of drug-likeness (QED) is 0.771. The fourth-order valence-corrected chi connectivity index (χ4v) is 3.41. The number of carbonyl (C=O) groups is 1. The van der Waals surface area contributed by atoms with Crippen molar-refractivity contribution < 1.29 is 4.79 Å². The van der Waals surface area contributed by atoms with Crippen LogP contribution < -0.4 is 15.1 Å². The predicted molar refractivity (Wildman–Crippen MR) is 108 cm³/mol. The maximum atomic E-state index is 12.7. The molecule has 0 atom stereocenters. The molecule has 1 amide bonds. The van der Waals surface area contributed by atoms with Gasteiger partial charge in [0.05, 0.1) is 11.8 Å². The lowest BCUT2D eigenvalue weighted by Crippen LogP contribution is -2.31. The summed E-state index contributed by atoms with van der Waals surface area (Å²) in [7, 11) is 3.84. The van der Waals surface area contributed by atoms with E-state index in [2.05, 4.69) is 15.2 Å². The van der Waals surface area contributed by atoms with E-state index in [1.807, 2.05) is 60.1 Å². The predicted octanol–water partition coefficient (Wildman–Crippen LogP) is 3.04. The molecule has 27 heavy (non-hydrogen) atoms. The van der Waals surface area contributed by atoms with Crippen LogP contribution in [-0.4, -0.2) is 47.5 Å². The zero-order valence-electron chi connectivity index (χ0n) is 15.7. The van der Waals surface area contributed by atoms with E-state index in [0.29, 0.717) is 17.1 Å². The first-order valence-corrected chi connectivity index (χ1v) is 9.29. The zero-order chi connectivity index (χ0) is 18.8. The summed E-state index contributed by atoms with van der Waals surface area (Å²) in [5.41, 5.74) is 2.19. The smallest absolute Gasteiger partial charge is 0.257 e. The molecule has 1 saturated heterocycles. The first kappa shape index (κ1) is 17.3. The van der Waals surface area contributed by atoms with Crippen molar-refractivity contribution in [1.29, 1.82) is 0 Å². The molecule has 0 bridgehead atoms. The van der Waals surface area contributed by atoms with Gasteiger partial charge in [-0.2, -0.15) is 4.98 Å². The van der Waals surface area contributed by atoms with Crippen molar-refractivity contribution in [2.24, 2.45) is 0 Å². The molecule has 4 heterocycles. The number of carbonyl (C=O) groups excluding carboxylic acids is 1. The Labute approximate surface area is 158 Å². The van der Waals surface area contributed by atoms with Crippen LogP contribution in [0, 0.1) is 0 Å². The average Bonchev–Trinajstić information content (AvgIpc) is 3.13. The van der Waals surface area contributed by atoms with Crippen LogP contribution in [0.25, 0.3) is 5.52 Å². The van der Waals surface area contributed by atoms with Crippen LogP contribution in [0.5, 0.6) is 0 Å². The van der Waals surface area contributed by atoms with E-state index < -0.39 is 0 Å². The molecule has 3 aromatic rings. The summed E-state index contributed by atoms with van der Waals surface area (Å²) in [6.45, 7) is 1.96. The topological polar surface area (TPSA) is 65.8 Å². The third-order valence-electron chi connectivity index (χ3n) is 4.83. The Hall–Kier alpha value is -3.09. The van der Waals surface area contributed by atoms with Gasteiger partial charge in [-0.1, -0.05) is 6.07 Å². The Morgan fingerprint density at radius 3 is 2.74 bits per heavy atom. The van der Waals surface area contributed by atoms with Gasteiger partial charge >= 0.3 is 0 Å². The first-order chi connectivity index (χ1) is 13.1. The molecular formula is C20H24N6O. The van der Waals surface area contributed by atoms with E-state index in [0.717, 1.165) is 24.6 Å². The van der Waals surface area contributed by atoms with Gasteiger partial charge in [-0.15, -0.1) is 0 Å². The number of aromatic nitrogens is 3. The number of nitrogens with zero attached hydrogens (tertiary/aromatic N) is 5. The van der Waals surface area contributed by atoms with Crippen molar-refractivity contribution in [1.82, 2.24) is 14.4 Å². The number of pyridine rings is 1. The lowest BCUT2D eigenvalue weighted by atomic mass is 10.1. The van der Waals surface area contributed by atoms with E-state index in [4.69, 9.17) is 4.98 Å². The number of nitrogens with one attached hydrogen (secondary N) is 1. The highest BCUT2D eigenvalue weighted by atomic mass is 16.1. The standard InChI is InChI=1S/C20H24N6O/c1-24(2)18-17(13-21-20(23-18)25-9-5-3-6-10-25)22-19(27)15-12-16-8-4-7-11-26(16)14-15/h4,7-8,11-14H,3,5-6,9-10H2,1-2H3,(H,22,27). The summed E-state index contributed by atoms with van der Waals surface area (Å²) in [6, 6.07) is 7.73. The van der Waals surface area contributed by atoms with Crippen molar-refractivity contribution in [2.75, 3.05) is 42.3 Å². The number of piperidine rings is 1. The van der Waals surface area contributed by atoms with Crippen molar-refractivity contribution in [3.05, 3.63) is 48.4 Å². The fraction of sp³-hybridized carbons (Fsp3) is 0.350. The molecule has 3 aromatic heterocycles.